The van der Waals surface area contributed by atoms with Gasteiger partial charge in [-0.1, -0.05) is 29.8 Å². The Bertz CT molecular complexity index is 712. The summed E-state index contributed by atoms with van der Waals surface area (Å²) in [5.41, 5.74) is 4.19. The highest BCUT2D eigenvalue weighted by atomic mass is 16.2. The first-order chi connectivity index (χ1) is 12.0. The molecule has 1 aromatic carbocycles. The molecule has 0 atom stereocenters. The summed E-state index contributed by atoms with van der Waals surface area (Å²) in [5.74, 6) is 0.540. The van der Waals surface area contributed by atoms with E-state index < -0.39 is 0 Å². The minimum absolute atomic E-state index is 0.0230. The van der Waals surface area contributed by atoms with Crippen LogP contribution in [0.2, 0.25) is 0 Å². The van der Waals surface area contributed by atoms with E-state index >= 15 is 0 Å². The fourth-order valence-electron chi connectivity index (χ4n) is 3.45. The first-order valence-corrected chi connectivity index (χ1v) is 9.08. The number of benzene rings is 1. The normalized spacial score (nSPS) is 16.1. The highest BCUT2D eigenvalue weighted by molar-refractivity contribution is 5.92. The molecule has 5 nitrogen and oxygen atoms in total. The summed E-state index contributed by atoms with van der Waals surface area (Å²) in [6.45, 7) is 7.99. The van der Waals surface area contributed by atoms with Crippen LogP contribution in [0.25, 0.3) is 0 Å². The van der Waals surface area contributed by atoms with Gasteiger partial charge in [0.1, 0.15) is 5.69 Å². The van der Waals surface area contributed by atoms with Gasteiger partial charge in [-0.15, -0.1) is 0 Å². The summed E-state index contributed by atoms with van der Waals surface area (Å²) in [6.07, 6.45) is 2.27. The molecule has 0 saturated carbocycles. The number of carbonyl (C=O) groups excluding carboxylic acids is 1. The van der Waals surface area contributed by atoms with Crippen LogP contribution in [-0.2, 0) is 13.6 Å². The number of carbonyl (C=O) groups is 1. The Labute approximate surface area is 150 Å². The maximum absolute atomic E-state index is 12.3. The number of nitrogens with zero attached hydrogens (tertiary/aromatic N) is 3. The molecule has 1 N–H and O–H groups in total. The summed E-state index contributed by atoms with van der Waals surface area (Å²) in [5, 5.41) is 7.31. The second-order valence-corrected chi connectivity index (χ2v) is 7.21. The van der Waals surface area contributed by atoms with E-state index in [1.165, 1.54) is 11.1 Å². The molecule has 1 fully saturated rings. The van der Waals surface area contributed by atoms with Crippen LogP contribution in [0.5, 0.6) is 0 Å². The summed E-state index contributed by atoms with van der Waals surface area (Å²) in [6, 6.07) is 10.6. The maximum Gasteiger partial charge on any atom is 0.269 e. The highest BCUT2D eigenvalue weighted by Gasteiger charge is 2.20. The highest BCUT2D eigenvalue weighted by Crippen LogP contribution is 2.19. The van der Waals surface area contributed by atoms with Crippen LogP contribution >= 0.6 is 0 Å². The van der Waals surface area contributed by atoms with Crippen molar-refractivity contribution in [3.8, 4) is 0 Å². The molecular formula is C20H28N4O. The van der Waals surface area contributed by atoms with Crippen molar-refractivity contribution >= 4 is 5.91 Å². The van der Waals surface area contributed by atoms with Gasteiger partial charge in [-0.2, -0.15) is 5.10 Å². The standard InChI is InChI=1S/C20H28N4O/c1-15-4-6-18(7-5-15)14-24-10-8-17(9-11-24)13-21-20(25)19-12-16(2)22-23(19)3/h4-7,12,17H,8-11,13-14H2,1-3H3,(H,21,25). The van der Waals surface area contributed by atoms with Gasteiger partial charge in [-0.3, -0.25) is 14.4 Å². The van der Waals surface area contributed by atoms with Gasteiger partial charge in [0.15, 0.2) is 0 Å². The van der Waals surface area contributed by atoms with E-state index in [2.05, 4.69) is 46.5 Å². The molecule has 5 heteroatoms. The van der Waals surface area contributed by atoms with E-state index in [-0.39, 0.29) is 5.91 Å². The van der Waals surface area contributed by atoms with Crippen LogP contribution in [0.15, 0.2) is 30.3 Å². The third-order valence-electron chi connectivity index (χ3n) is 5.02. The average Bonchev–Trinajstić information content (AvgIpc) is 2.94. The fraction of sp³-hybridized carbons (Fsp3) is 0.500. The van der Waals surface area contributed by atoms with Crippen molar-refractivity contribution in [3.05, 3.63) is 52.8 Å². The molecule has 1 amide bonds. The Morgan fingerprint density at radius 2 is 1.88 bits per heavy atom. The quantitative estimate of drug-likeness (QED) is 0.910. The van der Waals surface area contributed by atoms with Crippen LogP contribution in [0.3, 0.4) is 0 Å². The number of rotatable bonds is 5. The van der Waals surface area contributed by atoms with Crippen molar-refractivity contribution in [2.45, 2.75) is 33.2 Å². The van der Waals surface area contributed by atoms with Crippen LogP contribution in [0.1, 0.15) is 40.2 Å². The molecule has 0 spiro atoms. The molecule has 1 saturated heterocycles. The molecule has 3 rings (SSSR count). The van der Waals surface area contributed by atoms with E-state index in [0.29, 0.717) is 11.6 Å². The minimum atomic E-state index is -0.0230. The molecule has 0 bridgehead atoms. The molecule has 0 aliphatic carbocycles. The van der Waals surface area contributed by atoms with Gasteiger partial charge in [0.25, 0.3) is 5.91 Å². The largest absolute Gasteiger partial charge is 0.350 e. The number of nitrogens with one attached hydrogen (secondary N) is 1. The molecule has 0 unspecified atom stereocenters. The van der Waals surface area contributed by atoms with E-state index in [0.717, 1.165) is 44.7 Å². The molecule has 1 aliphatic rings. The number of amides is 1. The molecule has 2 aromatic rings. The first kappa shape index (κ1) is 17.7. The Morgan fingerprint density at radius 3 is 2.48 bits per heavy atom. The average molecular weight is 340 g/mol. The maximum atomic E-state index is 12.3. The molecule has 1 aliphatic heterocycles. The Hall–Kier alpha value is -2.14. The Kier molecular flexibility index (Phi) is 5.53. The zero-order chi connectivity index (χ0) is 17.8. The van der Waals surface area contributed by atoms with Gasteiger partial charge in [0.2, 0.25) is 0 Å². The van der Waals surface area contributed by atoms with E-state index in [9.17, 15) is 4.79 Å². The van der Waals surface area contributed by atoms with Crippen molar-refractivity contribution in [1.82, 2.24) is 20.0 Å². The molecular weight excluding hydrogens is 312 g/mol. The monoisotopic (exact) mass is 340 g/mol. The number of piperidine rings is 1. The molecule has 0 radical (unpaired) electrons. The molecule has 134 valence electrons. The second kappa shape index (κ2) is 7.83. The number of aryl methyl sites for hydroxylation is 3. The molecule has 2 heterocycles. The number of hydrogen-bond donors (Lipinski definition) is 1. The predicted molar refractivity (Wildman–Crippen MR) is 99.5 cm³/mol. The fourth-order valence-corrected chi connectivity index (χ4v) is 3.45. The SMILES string of the molecule is Cc1ccc(CN2CCC(CNC(=O)c3cc(C)nn3C)CC2)cc1. The topological polar surface area (TPSA) is 50.2 Å². The van der Waals surface area contributed by atoms with Crippen LogP contribution < -0.4 is 5.32 Å². The predicted octanol–water partition coefficient (Wildman–Crippen LogP) is 2.68. The van der Waals surface area contributed by atoms with Crippen LogP contribution in [-0.4, -0.2) is 40.2 Å². The van der Waals surface area contributed by atoms with E-state index in [1.54, 1.807) is 4.68 Å². The van der Waals surface area contributed by atoms with Crippen molar-refractivity contribution in [3.63, 3.8) is 0 Å². The Balaban J connectivity index is 1.42. The van der Waals surface area contributed by atoms with Crippen molar-refractivity contribution in [2.75, 3.05) is 19.6 Å². The lowest BCUT2D eigenvalue weighted by molar-refractivity contribution is 0.0926. The molecule has 25 heavy (non-hydrogen) atoms. The lowest BCUT2D eigenvalue weighted by Gasteiger charge is -2.32. The van der Waals surface area contributed by atoms with Crippen molar-refractivity contribution in [1.29, 1.82) is 0 Å². The lowest BCUT2D eigenvalue weighted by atomic mass is 9.96. The third kappa shape index (κ3) is 4.69. The van der Waals surface area contributed by atoms with Gasteiger partial charge in [0.05, 0.1) is 5.69 Å². The minimum Gasteiger partial charge on any atom is -0.350 e. The van der Waals surface area contributed by atoms with Crippen molar-refractivity contribution in [2.24, 2.45) is 13.0 Å². The van der Waals surface area contributed by atoms with Crippen LogP contribution in [0.4, 0.5) is 0 Å². The third-order valence-corrected chi connectivity index (χ3v) is 5.02. The van der Waals surface area contributed by atoms with Gasteiger partial charge in [0, 0.05) is 20.1 Å². The summed E-state index contributed by atoms with van der Waals surface area (Å²) < 4.78 is 1.65. The first-order valence-electron chi connectivity index (χ1n) is 9.08. The lowest BCUT2D eigenvalue weighted by Crippen LogP contribution is -2.38. The molecule has 1 aromatic heterocycles. The summed E-state index contributed by atoms with van der Waals surface area (Å²) in [4.78, 5) is 14.8. The van der Waals surface area contributed by atoms with E-state index in [1.807, 2.05) is 20.0 Å². The number of hydrogen-bond acceptors (Lipinski definition) is 3. The Morgan fingerprint density at radius 1 is 1.20 bits per heavy atom. The summed E-state index contributed by atoms with van der Waals surface area (Å²) in [7, 11) is 1.81. The number of likely N-dealkylation sites (tertiary alicyclic amines) is 1. The van der Waals surface area contributed by atoms with Gasteiger partial charge in [-0.25, -0.2) is 0 Å². The second-order valence-electron chi connectivity index (χ2n) is 7.21. The smallest absolute Gasteiger partial charge is 0.269 e. The van der Waals surface area contributed by atoms with Crippen molar-refractivity contribution < 1.29 is 4.79 Å². The zero-order valence-corrected chi connectivity index (χ0v) is 15.5. The summed E-state index contributed by atoms with van der Waals surface area (Å²) >= 11 is 0. The van der Waals surface area contributed by atoms with Gasteiger partial charge >= 0.3 is 0 Å². The number of aromatic nitrogens is 2. The van der Waals surface area contributed by atoms with Gasteiger partial charge < -0.3 is 5.32 Å². The zero-order valence-electron chi connectivity index (χ0n) is 15.5. The van der Waals surface area contributed by atoms with Crippen LogP contribution in [0, 0.1) is 19.8 Å². The van der Waals surface area contributed by atoms with Gasteiger partial charge in [-0.05, 0) is 57.3 Å². The van der Waals surface area contributed by atoms with E-state index in [4.69, 9.17) is 0 Å².